The van der Waals surface area contributed by atoms with E-state index in [2.05, 4.69) is 10.6 Å². The van der Waals surface area contributed by atoms with Crippen LogP contribution in [0.1, 0.15) is 25.8 Å². The lowest BCUT2D eigenvalue weighted by Gasteiger charge is -2.09. The predicted molar refractivity (Wildman–Crippen MR) is 85.6 cm³/mol. The second-order valence-electron chi connectivity index (χ2n) is 5.21. The van der Waals surface area contributed by atoms with E-state index in [9.17, 15) is 9.59 Å². The first-order valence-electron chi connectivity index (χ1n) is 6.85. The molecule has 4 nitrogen and oxygen atoms in total. The maximum Gasteiger partial charge on any atom is 0.229 e. The molecule has 2 N–H and O–H groups in total. The third-order valence-corrected chi connectivity index (χ3v) is 3.35. The van der Waals surface area contributed by atoms with Gasteiger partial charge in [0.15, 0.2) is 0 Å². The van der Waals surface area contributed by atoms with Gasteiger partial charge in [-0.2, -0.15) is 0 Å². The first kappa shape index (κ1) is 17.8. The van der Waals surface area contributed by atoms with Crippen molar-refractivity contribution in [1.29, 1.82) is 0 Å². The monoisotopic (exact) mass is 330 g/mol. The summed E-state index contributed by atoms with van der Waals surface area (Å²) < 4.78 is 0. The number of nitrogens with one attached hydrogen (secondary N) is 2. The number of benzene rings is 1. The summed E-state index contributed by atoms with van der Waals surface area (Å²) in [7, 11) is 0. The Hall–Kier alpha value is -1.26. The highest BCUT2D eigenvalue weighted by Gasteiger charge is 2.09. The SMILES string of the molecule is CC(C)CNC(=O)CC(=O)NCCc1ccc(Cl)cc1Cl. The van der Waals surface area contributed by atoms with Crippen LogP contribution < -0.4 is 10.6 Å². The molecule has 0 saturated carbocycles. The Morgan fingerprint density at radius 2 is 1.81 bits per heavy atom. The van der Waals surface area contributed by atoms with E-state index in [1.54, 1.807) is 12.1 Å². The van der Waals surface area contributed by atoms with Crippen molar-refractivity contribution >= 4 is 35.0 Å². The quantitative estimate of drug-likeness (QED) is 0.755. The molecular formula is C15H20Cl2N2O2. The average Bonchev–Trinajstić information content (AvgIpc) is 2.39. The third-order valence-electron chi connectivity index (χ3n) is 2.76. The summed E-state index contributed by atoms with van der Waals surface area (Å²) in [5.41, 5.74) is 0.908. The van der Waals surface area contributed by atoms with Crippen molar-refractivity contribution < 1.29 is 9.59 Å². The molecule has 0 bridgehead atoms. The number of carbonyl (C=O) groups is 2. The Morgan fingerprint density at radius 3 is 2.43 bits per heavy atom. The molecule has 1 aromatic carbocycles. The summed E-state index contributed by atoms with van der Waals surface area (Å²) >= 11 is 11.9. The summed E-state index contributed by atoms with van der Waals surface area (Å²) in [6, 6.07) is 5.25. The topological polar surface area (TPSA) is 58.2 Å². The van der Waals surface area contributed by atoms with E-state index >= 15 is 0 Å². The standard InChI is InChI=1S/C15H20Cl2N2O2/c1-10(2)9-19-15(21)8-14(20)18-6-5-11-3-4-12(16)7-13(11)17/h3-4,7,10H,5-6,8-9H2,1-2H3,(H,18,20)(H,19,21). The van der Waals surface area contributed by atoms with Crippen LogP contribution in [0.3, 0.4) is 0 Å². The highest BCUT2D eigenvalue weighted by atomic mass is 35.5. The maximum absolute atomic E-state index is 11.6. The molecule has 0 aromatic heterocycles. The molecule has 116 valence electrons. The molecule has 6 heteroatoms. The van der Waals surface area contributed by atoms with Gasteiger partial charge in [0.25, 0.3) is 0 Å². The largest absolute Gasteiger partial charge is 0.355 e. The molecule has 1 aromatic rings. The number of carbonyl (C=O) groups excluding carboxylic acids is 2. The Balaban J connectivity index is 2.28. The van der Waals surface area contributed by atoms with Crippen LogP contribution in [-0.4, -0.2) is 24.9 Å². The molecule has 1 rings (SSSR count). The lowest BCUT2D eigenvalue weighted by Crippen LogP contribution is -2.34. The van der Waals surface area contributed by atoms with Gasteiger partial charge in [-0.1, -0.05) is 43.1 Å². The van der Waals surface area contributed by atoms with Gasteiger partial charge in [-0.05, 0) is 30.0 Å². The van der Waals surface area contributed by atoms with Crippen molar-refractivity contribution in [2.75, 3.05) is 13.1 Å². The van der Waals surface area contributed by atoms with E-state index in [-0.39, 0.29) is 18.2 Å². The smallest absolute Gasteiger partial charge is 0.229 e. The molecule has 0 unspecified atom stereocenters. The van der Waals surface area contributed by atoms with Crippen LogP contribution in [0.15, 0.2) is 18.2 Å². The maximum atomic E-state index is 11.6. The van der Waals surface area contributed by atoms with Gasteiger partial charge in [0.05, 0.1) is 0 Å². The van der Waals surface area contributed by atoms with Crippen LogP contribution in [0.4, 0.5) is 0 Å². The Bertz CT molecular complexity index is 504. The van der Waals surface area contributed by atoms with Crippen molar-refractivity contribution in [2.45, 2.75) is 26.7 Å². The second-order valence-corrected chi connectivity index (χ2v) is 6.05. The van der Waals surface area contributed by atoms with Gasteiger partial charge in [0, 0.05) is 23.1 Å². The number of hydrogen-bond donors (Lipinski definition) is 2. The van der Waals surface area contributed by atoms with E-state index < -0.39 is 0 Å². The summed E-state index contributed by atoms with van der Waals surface area (Å²) in [6.45, 7) is 5.00. The summed E-state index contributed by atoms with van der Waals surface area (Å²) in [5, 5.41) is 6.55. The fourth-order valence-corrected chi connectivity index (χ4v) is 2.15. The first-order chi connectivity index (χ1) is 9.88. The molecule has 0 radical (unpaired) electrons. The molecule has 0 aliphatic heterocycles. The minimum absolute atomic E-state index is 0.152. The van der Waals surface area contributed by atoms with Gasteiger partial charge >= 0.3 is 0 Å². The fraction of sp³-hybridized carbons (Fsp3) is 0.467. The normalized spacial score (nSPS) is 10.5. The Labute approximate surface area is 135 Å². The van der Waals surface area contributed by atoms with E-state index in [0.717, 1.165) is 5.56 Å². The lowest BCUT2D eigenvalue weighted by molar-refractivity contribution is -0.129. The van der Waals surface area contributed by atoms with Crippen LogP contribution in [0, 0.1) is 5.92 Å². The second kappa shape index (κ2) is 8.90. The number of amides is 2. The van der Waals surface area contributed by atoms with Crippen molar-refractivity contribution in [2.24, 2.45) is 5.92 Å². The van der Waals surface area contributed by atoms with Crippen LogP contribution in [0.25, 0.3) is 0 Å². The predicted octanol–water partition coefficient (Wildman–Crippen LogP) is 2.81. The number of rotatable bonds is 7. The lowest BCUT2D eigenvalue weighted by atomic mass is 10.1. The highest BCUT2D eigenvalue weighted by Crippen LogP contribution is 2.20. The van der Waals surface area contributed by atoms with Gasteiger partial charge in [-0.3, -0.25) is 9.59 Å². The molecule has 0 saturated heterocycles. The van der Waals surface area contributed by atoms with Crippen LogP contribution in [0.5, 0.6) is 0 Å². The zero-order valence-corrected chi connectivity index (χ0v) is 13.7. The highest BCUT2D eigenvalue weighted by molar-refractivity contribution is 6.35. The van der Waals surface area contributed by atoms with Crippen molar-refractivity contribution in [1.82, 2.24) is 10.6 Å². The van der Waals surface area contributed by atoms with Gasteiger partial charge in [0.1, 0.15) is 6.42 Å². The number of halogens is 2. The molecule has 0 aliphatic carbocycles. The van der Waals surface area contributed by atoms with Crippen molar-refractivity contribution in [3.63, 3.8) is 0 Å². The van der Waals surface area contributed by atoms with Gasteiger partial charge in [0.2, 0.25) is 11.8 Å². The van der Waals surface area contributed by atoms with Crippen molar-refractivity contribution in [3.05, 3.63) is 33.8 Å². The van der Waals surface area contributed by atoms with Crippen molar-refractivity contribution in [3.8, 4) is 0 Å². The third kappa shape index (κ3) is 7.34. The van der Waals surface area contributed by atoms with Gasteiger partial charge in [-0.25, -0.2) is 0 Å². The Morgan fingerprint density at radius 1 is 1.14 bits per heavy atom. The number of hydrogen-bond acceptors (Lipinski definition) is 2. The molecule has 2 amide bonds. The first-order valence-corrected chi connectivity index (χ1v) is 7.61. The molecule has 0 fully saturated rings. The zero-order valence-electron chi connectivity index (χ0n) is 12.2. The molecular weight excluding hydrogens is 311 g/mol. The summed E-state index contributed by atoms with van der Waals surface area (Å²) in [4.78, 5) is 23.1. The molecule has 21 heavy (non-hydrogen) atoms. The molecule has 0 atom stereocenters. The van der Waals surface area contributed by atoms with Crippen LogP contribution in [0.2, 0.25) is 10.0 Å². The van der Waals surface area contributed by atoms with Gasteiger partial charge in [-0.15, -0.1) is 0 Å². The Kier molecular flexibility index (Phi) is 7.54. The molecule has 0 heterocycles. The minimum Gasteiger partial charge on any atom is -0.355 e. The van der Waals surface area contributed by atoms with Crippen LogP contribution >= 0.6 is 23.2 Å². The van der Waals surface area contributed by atoms with E-state index in [0.29, 0.717) is 35.5 Å². The molecule has 0 aliphatic rings. The summed E-state index contributed by atoms with van der Waals surface area (Å²) in [6.07, 6.45) is 0.441. The average molecular weight is 331 g/mol. The zero-order chi connectivity index (χ0) is 15.8. The van der Waals surface area contributed by atoms with Crippen LogP contribution in [-0.2, 0) is 16.0 Å². The summed E-state index contributed by atoms with van der Waals surface area (Å²) in [5.74, 6) is -0.184. The molecule has 0 spiro atoms. The van der Waals surface area contributed by atoms with E-state index in [1.165, 1.54) is 0 Å². The van der Waals surface area contributed by atoms with E-state index in [1.807, 2.05) is 19.9 Å². The van der Waals surface area contributed by atoms with E-state index in [4.69, 9.17) is 23.2 Å². The fourth-order valence-electron chi connectivity index (χ4n) is 1.65. The minimum atomic E-state index is -0.290. The van der Waals surface area contributed by atoms with Gasteiger partial charge < -0.3 is 10.6 Å².